The highest BCUT2D eigenvalue weighted by atomic mass is 32.4. The van der Waals surface area contributed by atoms with E-state index in [0.717, 1.165) is 33.2 Å². The number of fused-ring (bicyclic) bond motifs is 9. The second kappa shape index (κ2) is 11.9. The Kier molecular flexibility index (Phi) is 6.99. The lowest BCUT2D eigenvalue weighted by Gasteiger charge is -2.25. The molecule has 10 aromatic rings. The SMILES string of the molecule is S=P(c1ccc(-c2ccccc2)cc1)(c1ccc(-c2ccc3c4ccccc4n4c5ccccc5nc4c3c2)cc1)c1ccc2ccccc2c1. The smallest absolute Gasteiger partial charge is 0.146 e. The maximum atomic E-state index is 6.88. The Balaban J connectivity index is 1.12. The first-order valence-corrected chi connectivity index (χ1v) is 20.0. The third-order valence-corrected chi connectivity index (χ3v) is 15.2. The number of para-hydroxylation sites is 3. The van der Waals surface area contributed by atoms with E-state index >= 15 is 0 Å². The molecule has 0 saturated carbocycles. The van der Waals surface area contributed by atoms with Gasteiger partial charge in [0.25, 0.3) is 0 Å². The fourth-order valence-electron chi connectivity index (χ4n) is 7.67. The van der Waals surface area contributed by atoms with Crippen LogP contribution in [0.4, 0.5) is 0 Å². The Morgan fingerprint density at radius 3 is 1.73 bits per heavy atom. The molecule has 0 aliphatic rings. The summed E-state index contributed by atoms with van der Waals surface area (Å²) in [6.07, 6.45) is 0. The molecule has 2 aromatic heterocycles. The lowest BCUT2D eigenvalue weighted by molar-refractivity contribution is 1.31. The second-order valence-corrected chi connectivity index (χ2v) is 17.5. The lowest BCUT2D eigenvalue weighted by Crippen LogP contribution is -2.24. The van der Waals surface area contributed by atoms with E-state index in [1.54, 1.807) is 0 Å². The number of pyridine rings is 1. The van der Waals surface area contributed by atoms with Crippen LogP contribution in [-0.4, -0.2) is 9.38 Å². The zero-order valence-corrected chi connectivity index (χ0v) is 29.4. The van der Waals surface area contributed by atoms with Crippen molar-refractivity contribution >= 4 is 82.9 Å². The molecule has 10 rings (SSSR count). The number of aromatic nitrogens is 2. The van der Waals surface area contributed by atoms with Crippen LogP contribution in [0.2, 0.25) is 0 Å². The minimum atomic E-state index is -2.40. The second-order valence-electron chi connectivity index (χ2n) is 13.1. The number of rotatable bonds is 5. The monoisotopic (exact) mass is 686 g/mol. The van der Waals surface area contributed by atoms with Gasteiger partial charge in [-0.3, -0.25) is 4.40 Å². The number of hydrogen-bond acceptors (Lipinski definition) is 2. The maximum Gasteiger partial charge on any atom is 0.146 e. The van der Waals surface area contributed by atoms with Gasteiger partial charge in [0.1, 0.15) is 5.65 Å². The van der Waals surface area contributed by atoms with Gasteiger partial charge in [0, 0.05) is 16.8 Å². The summed E-state index contributed by atoms with van der Waals surface area (Å²) in [5.74, 6) is 0. The number of hydrogen-bond donors (Lipinski definition) is 0. The van der Waals surface area contributed by atoms with Crippen LogP contribution in [0.3, 0.4) is 0 Å². The molecule has 1 unspecified atom stereocenters. The van der Waals surface area contributed by atoms with Crippen molar-refractivity contribution in [1.29, 1.82) is 0 Å². The van der Waals surface area contributed by atoms with Gasteiger partial charge in [-0.05, 0) is 84.7 Å². The van der Waals surface area contributed by atoms with Gasteiger partial charge in [-0.25, -0.2) is 4.98 Å². The van der Waals surface area contributed by atoms with Crippen molar-refractivity contribution in [1.82, 2.24) is 9.38 Å². The summed E-state index contributed by atoms with van der Waals surface area (Å²) < 4.78 is 2.31. The van der Waals surface area contributed by atoms with Crippen molar-refractivity contribution < 1.29 is 0 Å². The topological polar surface area (TPSA) is 17.3 Å². The normalized spacial score (nSPS) is 12.9. The summed E-state index contributed by atoms with van der Waals surface area (Å²) in [6, 6.07) is 65.3. The van der Waals surface area contributed by atoms with Gasteiger partial charge in [-0.15, -0.1) is 0 Å². The van der Waals surface area contributed by atoms with E-state index in [4.69, 9.17) is 16.8 Å². The summed E-state index contributed by atoms with van der Waals surface area (Å²) >= 11 is 6.88. The van der Waals surface area contributed by atoms with E-state index in [9.17, 15) is 0 Å². The quantitative estimate of drug-likeness (QED) is 0.132. The van der Waals surface area contributed by atoms with E-state index in [0.29, 0.717) is 0 Å². The molecule has 0 fully saturated rings. The van der Waals surface area contributed by atoms with Gasteiger partial charge in [-0.1, -0.05) is 170 Å². The van der Waals surface area contributed by atoms with Gasteiger partial charge >= 0.3 is 0 Å². The van der Waals surface area contributed by atoms with Crippen LogP contribution in [0.15, 0.2) is 188 Å². The van der Waals surface area contributed by atoms with E-state index < -0.39 is 6.04 Å². The largest absolute Gasteiger partial charge is 0.292 e. The van der Waals surface area contributed by atoms with Gasteiger partial charge in [-0.2, -0.15) is 0 Å². The summed E-state index contributed by atoms with van der Waals surface area (Å²) in [6.45, 7) is 0. The Morgan fingerprint density at radius 2 is 0.961 bits per heavy atom. The molecule has 0 aliphatic heterocycles. The van der Waals surface area contributed by atoms with Gasteiger partial charge < -0.3 is 0 Å². The van der Waals surface area contributed by atoms with E-state index in [1.165, 1.54) is 54.1 Å². The summed E-state index contributed by atoms with van der Waals surface area (Å²) in [5, 5.41) is 9.57. The predicted octanol–water partition coefficient (Wildman–Crippen LogP) is 11.0. The first-order chi connectivity index (χ1) is 25.1. The Morgan fingerprint density at radius 1 is 0.392 bits per heavy atom. The Hall–Kier alpha value is -5.86. The molecule has 4 heteroatoms. The lowest BCUT2D eigenvalue weighted by atomic mass is 9.99. The average molecular weight is 687 g/mol. The van der Waals surface area contributed by atoms with Crippen LogP contribution >= 0.6 is 6.04 Å². The molecule has 0 spiro atoms. The van der Waals surface area contributed by atoms with Crippen LogP contribution in [0.1, 0.15) is 0 Å². The molecule has 0 aliphatic carbocycles. The third-order valence-electron chi connectivity index (χ3n) is 10.3. The molecule has 51 heavy (non-hydrogen) atoms. The average Bonchev–Trinajstić information content (AvgIpc) is 3.61. The van der Waals surface area contributed by atoms with Gasteiger partial charge in [0.15, 0.2) is 0 Å². The van der Waals surface area contributed by atoms with Crippen LogP contribution in [0.5, 0.6) is 0 Å². The molecule has 1 atom stereocenters. The van der Waals surface area contributed by atoms with Gasteiger partial charge in [0.2, 0.25) is 0 Å². The number of imidazole rings is 1. The van der Waals surface area contributed by atoms with Crippen molar-refractivity contribution in [3.05, 3.63) is 188 Å². The summed E-state index contributed by atoms with van der Waals surface area (Å²) in [4.78, 5) is 5.14. The first-order valence-electron chi connectivity index (χ1n) is 17.2. The molecule has 0 saturated heterocycles. The molecule has 0 bridgehead atoms. The minimum Gasteiger partial charge on any atom is -0.292 e. The molecule has 240 valence electrons. The molecule has 2 nitrogen and oxygen atoms in total. The predicted molar refractivity (Wildman–Crippen MR) is 222 cm³/mol. The first kappa shape index (κ1) is 30.0. The van der Waals surface area contributed by atoms with Crippen molar-refractivity contribution in [2.45, 2.75) is 0 Å². The summed E-state index contributed by atoms with van der Waals surface area (Å²) in [7, 11) is 0. The molecule has 0 amide bonds. The summed E-state index contributed by atoms with van der Waals surface area (Å²) in [5.41, 5.74) is 8.98. The third kappa shape index (κ3) is 4.85. The molecular formula is C47H31N2PS. The standard InChI is InChI=1S/C47H31N2PS/c51-50(40-28-22-33-12-4-5-13-36(33)30-40,38-24-18-34(19-25-38)32-10-2-1-3-11-32)39-26-20-35(21-27-39)37-23-29-41-42-14-6-8-16-45(42)49-46-17-9-7-15-44(46)48-47(49)43(41)31-37/h1-31H. The van der Waals surface area contributed by atoms with Crippen molar-refractivity contribution in [3.63, 3.8) is 0 Å². The van der Waals surface area contributed by atoms with Crippen LogP contribution < -0.4 is 15.9 Å². The fourth-order valence-corrected chi connectivity index (χ4v) is 11.4. The molecular weight excluding hydrogens is 656 g/mol. The van der Waals surface area contributed by atoms with E-state index in [2.05, 4.69) is 192 Å². The molecule has 8 aromatic carbocycles. The zero-order chi connectivity index (χ0) is 33.9. The van der Waals surface area contributed by atoms with E-state index in [-0.39, 0.29) is 0 Å². The minimum absolute atomic E-state index is 0.981. The van der Waals surface area contributed by atoms with E-state index in [1.807, 2.05) is 0 Å². The maximum absolute atomic E-state index is 6.88. The van der Waals surface area contributed by atoms with Gasteiger partial charge in [0.05, 0.1) is 16.6 Å². The van der Waals surface area contributed by atoms with Crippen LogP contribution in [0, 0.1) is 0 Å². The van der Waals surface area contributed by atoms with Crippen molar-refractivity contribution in [2.24, 2.45) is 0 Å². The fraction of sp³-hybridized carbons (Fsp3) is 0. The van der Waals surface area contributed by atoms with Crippen LogP contribution in [0.25, 0.3) is 71.4 Å². The highest BCUT2D eigenvalue weighted by molar-refractivity contribution is 8.25. The molecule has 0 N–H and O–H groups in total. The Labute approximate surface area is 301 Å². The Bertz CT molecular complexity index is 2980. The van der Waals surface area contributed by atoms with Crippen molar-refractivity contribution in [3.8, 4) is 22.3 Å². The number of nitrogens with zero attached hydrogens (tertiary/aromatic N) is 2. The van der Waals surface area contributed by atoms with Crippen LogP contribution in [-0.2, 0) is 11.8 Å². The van der Waals surface area contributed by atoms with Crippen molar-refractivity contribution in [2.75, 3.05) is 0 Å². The highest BCUT2D eigenvalue weighted by Gasteiger charge is 2.26. The zero-order valence-electron chi connectivity index (χ0n) is 27.6. The number of benzene rings is 8. The molecule has 0 radical (unpaired) electrons. The highest BCUT2D eigenvalue weighted by Crippen LogP contribution is 2.44. The molecule has 2 heterocycles.